The highest BCUT2D eigenvalue weighted by molar-refractivity contribution is 5.71. The Bertz CT molecular complexity index is 450. The summed E-state index contributed by atoms with van der Waals surface area (Å²) in [6, 6.07) is 0.0439. The van der Waals surface area contributed by atoms with E-state index in [1.807, 2.05) is 41.5 Å². The molecule has 2 atom stereocenters. The summed E-state index contributed by atoms with van der Waals surface area (Å²) >= 11 is 0. The number of hydrogen-bond acceptors (Lipinski definition) is 4. The minimum absolute atomic E-state index is 0.0439. The summed E-state index contributed by atoms with van der Waals surface area (Å²) in [5.41, 5.74) is -1.00. The van der Waals surface area contributed by atoms with Gasteiger partial charge in [0.05, 0.1) is 6.04 Å². The van der Waals surface area contributed by atoms with Crippen molar-refractivity contribution in [1.29, 1.82) is 0 Å². The number of ether oxygens (including phenoxy) is 2. The first-order valence-electron chi connectivity index (χ1n) is 7.94. The van der Waals surface area contributed by atoms with E-state index in [1.165, 1.54) is 0 Å². The minimum atomic E-state index is -0.501. The zero-order valence-corrected chi connectivity index (χ0v) is 14.5. The molecule has 2 heterocycles. The highest BCUT2D eigenvalue weighted by atomic mass is 16.6. The number of amides is 2. The molecule has 126 valence electrons. The van der Waals surface area contributed by atoms with Gasteiger partial charge in [-0.15, -0.1) is 0 Å². The molecule has 22 heavy (non-hydrogen) atoms. The van der Waals surface area contributed by atoms with Crippen LogP contribution in [0.25, 0.3) is 0 Å². The van der Waals surface area contributed by atoms with Crippen molar-refractivity contribution >= 4 is 12.2 Å². The molecule has 0 spiro atoms. The number of likely N-dealkylation sites (tertiary alicyclic amines) is 2. The van der Waals surface area contributed by atoms with Gasteiger partial charge in [0.1, 0.15) is 11.2 Å². The fourth-order valence-electron chi connectivity index (χ4n) is 2.98. The number of fused-ring (bicyclic) bond motifs is 1. The molecule has 0 radical (unpaired) electrons. The summed E-state index contributed by atoms with van der Waals surface area (Å²) in [5, 5.41) is 0. The molecule has 0 aromatic heterocycles. The molecule has 2 rings (SSSR count). The van der Waals surface area contributed by atoms with Gasteiger partial charge in [-0.1, -0.05) is 0 Å². The molecular formula is C16H28N2O4. The average molecular weight is 312 g/mol. The van der Waals surface area contributed by atoms with E-state index < -0.39 is 11.2 Å². The van der Waals surface area contributed by atoms with Gasteiger partial charge in [-0.25, -0.2) is 9.59 Å². The van der Waals surface area contributed by atoms with Crippen LogP contribution in [0.3, 0.4) is 0 Å². The molecule has 6 nitrogen and oxygen atoms in total. The lowest BCUT2D eigenvalue weighted by atomic mass is 10.1. The smallest absolute Gasteiger partial charge is 0.410 e. The molecule has 0 N–H and O–H groups in total. The number of carbonyl (C=O) groups is 2. The molecule has 0 saturated carbocycles. The first-order valence-corrected chi connectivity index (χ1v) is 7.94. The Morgan fingerprint density at radius 1 is 0.909 bits per heavy atom. The highest BCUT2D eigenvalue weighted by Crippen LogP contribution is 2.33. The first-order chi connectivity index (χ1) is 9.96. The second kappa shape index (κ2) is 5.63. The molecule has 2 amide bonds. The van der Waals surface area contributed by atoms with Gasteiger partial charge in [-0.2, -0.15) is 0 Å². The largest absolute Gasteiger partial charge is 0.444 e. The van der Waals surface area contributed by atoms with Gasteiger partial charge in [0, 0.05) is 25.6 Å². The average Bonchev–Trinajstić information content (AvgIpc) is 2.81. The normalized spacial score (nSPS) is 25.2. The van der Waals surface area contributed by atoms with Gasteiger partial charge in [-0.05, 0) is 48.0 Å². The van der Waals surface area contributed by atoms with Crippen molar-refractivity contribution < 1.29 is 19.1 Å². The molecule has 0 bridgehead atoms. The van der Waals surface area contributed by atoms with Crippen LogP contribution in [0.1, 0.15) is 48.0 Å². The summed E-state index contributed by atoms with van der Waals surface area (Å²) < 4.78 is 10.9. The van der Waals surface area contributed by atoms with Gasteiger partial charge in [0.25, 0.3) is 0 Å². The van der Waals surface area contributed by atoms with Crippen molar-refractivity contribution in [3.05, 3.63) is 0 Å². The maximum Gasteiger partial charge on any atom is 0.410 e. The van der Waals surface area contributed by atoms with Crippen molar-refractivity contribution in [3.63, 3.8) is 0 Å². The van der Waals surface area contributed by atoms with Gasteiger partial charge in [-0.3, -0.25) is 0 Å². The van der Waals surface area contributed by atoms with E-state index in [2.05, 4.69) is 0 Å². The van der Waals surface area contributed by atoms with Crippen LogP contribution in [-0.4, -0.2) is 58.9 Å². The molecule has 2 saturated heterocycles. The van der Waals surface area contributed by atoms with E-state index in [9.17, 15) is 9.59 Å². The summed E-state index contributed by atoms with van der Waals surface area (Å²) in [4.78, 5) is 27.9. The Morgan fingerprint density at radius 3 is 2.00 bits per heavy atom. The second-order valence-electron chi connectivity index (χ2n) is 8.18. The van der Waals surface area contributed by atoms with Gasteiger partial charge in [0.15, 0.2) is 0 Å². The van der Waals surface area contributed by atoms with Gasteiger partial charge >= 0.3 is 12.2 Å². The van der Waals surface area contributed by atoms with Crippen LogP contribution in [0.4, 0.5) is 9.59 Å². The molecule has 2 fully saturated rings. The fourth-order valence-corrected chi connectivity index (χ4v) is 2.98. The molecule has 2 aliphatic rings. The quantitative estimate of drug-likeness (QED) is 0.690. The lowest BCUT2D eigenvalue weighted by molar-refractivity contribution is 0.0165. The predicted octanol–water partition coefficient (Wildman–Crippen LogP) is 2.86. The van der Waals surface area contributed by atoms with Crippen LogP contribution in [0.15, 0.2) is 0 Å². The first kappa shape index (κ1) is 16.9. The topological polar surface area (TPSA) is 59.1 Å². The van der Waals surface area contributed by atoms with Crippen LogP contribution in [-0.2, 0) is 9.47 Å². The maximum absolute atomic E-state index is 12.3. The zero-order chi connectivity index (χ0) is 16.7. The molecule has 2 aliphatic heterocycles. The number of hydrogen-bond donors (Lipinski definition) is 0. The molecule has 0 unspecified atom stereocenters. The van der Waals surface area contributed by atoms with Crippen molar-refractivity contribution in [3.8, 4) is 0 Å². The lowest BCUT2D eigenvalue weighted by Gasteiger charge is -2.29. The lowest BCUT2D eigenvalue weighted by Crippen LogP contribution is -2.43. The van der Waals surface area contributed by atoms with E-state index >= 15 is 0 Å². The third-order valence-electron chi connectivity index (χ3n) is 3.83. The SMILES string of the molecule is CC(C)(C)OC(=O)N1C[C@@H]2CCN(C(=O)OC(C)(C)C)[C@H]2C1. The van der Waals surface area contributed by atoms with Crippen LogP contribution in [0, 0.1) is 5.92 Å². The number of rotatable bonds is 0. The Morgan fingerprint density at radius 2 is 1.45 bits per heavy atom. The Balaban J connectivity index is 1.96. The van der Waals surface area contributed by atoms with E-state index in [4.69, 9.17) is 9.47 Å². The van der Waals surface area contributed by atoms with Crippen LogP contribution >= 0.6 is 0 Å². The van der Waals surface area contributed by atoms with Crippen molar-refractivity contribution in [1.82, 2.24) is 9.80 Å². The maximum atomic E-state index is 12.3. The van der Waals surface area contributed by atoms with Crippen molar-refractivity contribution in [2.24, 2.45) is 5.92 Å². The molecule has 0 aromatic carbocycles. The van der Waals surface area contributed by atoms with E-state index in [0.29, 0.717) is 25.6 Å². The third kappa shape index (κ3) is 4.05. The second-order valence-corrected chi connectivity index (χ2v) is 8.18. The minimum Gasteiger partial charge on any atom is -0.444 e. The molecular weight excluding hydrogens is 284 g/mol. The summed E-state index contributed by atoms with van der Waals surface area (Å²) in [6.45, 7) is 13.0. The summed E-state index contributed by atoms with van der Waals surface area (Å²) in [6.07, 6.45) is 0.320. The van der Waals surface area contributed by atoms with Gasteiger partial charge < -0.3 is 19.3 Å². The van der Waals surface area contributed by atoms with E-state index in [0.717, 1.165) is 6.42 Å². The summed E-state index contributed by atoms with van der Waals surface area (Å²) in [5.74, 6) is 0.319. The Kier molecular flexibility index (Phi) is 4.33. The van der Waals surface area contributed by atoms with Crippen LogP contribution in [0.5, 0.6) is 0 Å². The zero-order valence-electron chi connectivity index (χ0n) is 14.5. The van der Waals surface area contributed by atoms with Crippen molar-refractivity contribution in [2.75, 3.05) is 19.6 Å². The fraction of sp³-hybridized carbons (Fsp3) is 0.875. The van der Waals surface area contributed by atoms with Gasteiger partial charge in [0.2, 0.25) is 0 Å². The Hall–Kier alpha value is -1.46. The van der Waals surface area contributed by atoms with Crippen LogP contribution in [0.2, 0.25) is 0 Å². The number of carbonyl (C=O) groups excluding carboxylic acids is 2. The highest BCUT2D eigenvalue weighted by Gasteiger charge is 2.46. The third-order valence-corrected chi connectivity index (χ3v) is 3.83. The Labute approximate surface area is 132 Å². The number of nitrogens with zero attached hydrogens (tertiary/aromatic N) is 2. The van der Waals surface area contributed by atoms with Crippen molar-refractivity contribution in [2.45, 2.75) is 65.2 Å². The van der Waals surface area contributed by atoms with Crippen LogP contribution < -0.4 is 0 Å². The molecule has 6 heteroatoms. The monoisotopic (exact) mass is 312 g/mol. The molecule has 0 aliphatic carbocycles. The van der Waals surface area contributed by atoms with E-state index in [1.54, 1.807) is 9.80 Å². The standard InChI is InChI=1S/C16H28N2O4/c1-15(2,3)21-13(19)17-9-11-7-8-18(12(11)10-17)14(20)22-16(4,5)6/h11-12H,7-10H2,1-6H3/t11-,12-/m0/s1. The van der Waals surface area contributed by atoms with E-state index in [-0.39, 0.29) is 18.2 Å². The molecule has 0 aromatic rings. The predicted molar refractivity (Wildman–Crippen MR) is 82.6 cm³/mol. The summed E-state index contributed by atoms with van der Waals surface area (Å²) in [7, 11) is 0.